The van der Waals surface area contributed by atoms with Gasteiger partial charge in [-0.05, 0) is 24.3 Å². The van der Waals surface area contributed by atoms with Crippen LogP contribution >= 0.6 is 0 Å². The number of nitrogens with zero attached hydrogens (tertiary/aromatic N) is 5. The summed E-state index contributed by atoms with van der Waals surface area (Å²) in [5.74, 6) is 2.05. The predicted molar refractivity (Wildman–Crippen MR) is 52.1 cm³/mol. The van der Waals surface area contributed by atoms with Crippen molar-refractivity contribution in [2.24, 2.45) is 7.05 Å². The summed E-state index contributed by atoms with van der Waals surface area (Å²) in [5, 5.41) is 14.0. The molecule has 7 nitrogen and oxygen atoms in total. The van der Waals surface area contributed by atoms with Crippen LogP contribution in [0.5, 0.6) is 0 Å². The minimum atomic E-state index is 0.475. The maximum Gasteiger partial charge on any atom is 0.243 e. The number of anilines is 1. The molecule has 0 bridgehead atoms. The molecule has 0 amide bonds. The molecule has 15 heavy (non-hydrogen) atoms. The molecule has 0 radical (unpaired) electrons. The summed E-state index contributed by atoms with van der Waals surface area (Å²) in [7, 11) is 1.76. The third-order valence-electron chi connectivity index (χ3n) is 2.09. The van der Waals surface area contributed by atoms with Crippen molar-refractivity contribution in [3.8, 4) is 0 Å². The van der Waals surface area contributed by atoms with Gasteiger partial charge in [-0.3, -0.25) is 0 Å². The largest absolute Gasteiger partial charge is 0.444 e. The molecule has 0 aromatic carbocycles. The van der Waals surface area contributed by atoms with Gasteiger partial charge in [0, 0.05) is 7.05 Å². The van der Waals surface area contributed by atoms with E-state index < -0.39 is 0 Å². The Bertz CT molecular complexity index is 440. The number of nitrogens with one attached hydrogen (secondary N) is 1. The topological polar surface area (TPSA) is 81.7 Å². The number of hydrogen-bond donors (Lipinski definition) is 1. The Kier molecular flexibility index (Phi) is 2.36. The number of oxazole rings is 1. The average molecular weight is 208 g/mol. The molecule has 0 saturated heterocycles. The molecule has 2 heterocycles. The molecule has 0 aliphatic rings. The van der Waals surface area contributed by atoms with Gasteiger partial charge < -0.3 is 9.73 Å². The first-order valence-electron chi connectivity index (χ1n) is 4.56. The molecule has 0 saturated carbocycles. The van der Waals surface area contributed by atoms with E-state index in [0.29, 0.717) is 18.4 Å². The second-order valence-corrected chi connectivity index (χ2v) is 3.23. The van der Waals surface area contributed by atoms with E-state index in [1.165, 1.54) is 0 Å². The number of rotatable bonds is 3. The van der Waals surface area contributed by atoms with Crippen LogP contribution in [0.2, 0.25) is 0 Å². The smallest absolute Gasteiger partial charge is 0.243 e. The maximum atomic E-state index is 5.40. The van der Waals surface area contributed by atoms with E-state index in [0.717, 1.165) is 11.5 Å². The number of aryl methyl sites for hydroxylation is 3. The lowest BCUT2D eigenvalue weighted by Crippen LogP contribution is -2.05. The minimum Gasteiger partial charge on any atom is -0.444 e. The first-order chi connectivity index (χ1) is 7.16. The lowest BCUT2D eigenvalue weighted by Gasteiger charge is -1.99. The Morgan fingerprint density at radius 1 is 1.40 bits per heavy atom. The van der Waals surface area contributed by atoms with Crippen molar-refractivity contribution in [2.75, 3.05) is 5.32 Å². The summed E-state index contributed by atoms with van der Waals surface area (Å²) in [6.07, 6.45) is 0. The molecule has 1 N–H and O–H groups in total. The van der Waals surface area contributed by atoms with E-state index in [4.69, 9.17) is 4.42 Å². The van der Waals surface area contributed by atoms with Gasteiger partial charge in [-0.2, -0.15) is 0 Å². The van der Waals surface area contributed by atoms with Gasteiger partial charge in [0.05, 0.1) is 12.2 Å². The summed E-state index contributed by atoms with van der Waals surface area (Å²) >= 11 is 0. The first kappa shape index (κ1) is 9.63. The molecule has 80 valence electrons. The lowest BCUT2D eigenvalue weighted by atomic mass is 10.4. The highest BCUT2D eigenvalue weighted by Crippen LogP contribution is 2.09. The van der Waals surface area contributed by atoms with Crippen LogP contribution in [0.4, 0.5) is 5.95 Å². The van der Waals surface area contributed by atoms with Crippen molar-refractivity contribution in [1.29, 1.82) is 0 Å². The lowest BCUT2D eigenvalue weighted by molar-refractivity contribution is 0.477. The summed E-state index contributed by atoms with van der Waals surface area (Å²) in [5.41, 5.74) is 0.905. The molecule has 2 aromatic heterocycles. The molecule has 7 heteroatoms. The quantitative estimate of drug-likeness (QED) is 0.787. The van der Waals surface area contributed by atoms with Crippen molar-refractivity contribution >= 4 is 5.95 Å². The highest BCUT2D eigenvalue weighted by Gasteiger charge is 2.06. The zero-order valence-electron chi connectivity index (χ0n) is 8.85. The Labute approximate surface area is 86.5 Å². The van der Waals surface area contributed by atoms with Crippen LogP contribution in [0.3, 0.4) is 0 Å². The number of tetrazole rings is 1. The Balaban J connectivity index is 2.02. The highest BCUT2D eigenvalue weighted by molar-refractivity contribution is 5.21. The third kappa shape index (κ3) is 1.95. The van der Waals surface area contributed by atoms with Gasteiger partial charge in [0.25, 0.3) is 0 Å². The van der Waals surface area contributed by atoms with E-state index in [2.05, 4.69) is 25.8 Å². The molecule has 0 aliphatic heterocycles. The van der Waals surface area contributed by atoms with Gasteiger partial charge in [0.1, 0.15) is 5.76 Å². The van der Waals surface area contributed by atoms with Crippen LogP contribution in [0.25, 0.3) is 0 Å². The average Bonchev–Trinajstić information content (AvgIpc) is 2.72. The summed E-state index contributed by atoms with van der Waals surface area (Å²) in [4.78, 5) is 4.23. The third-order valence-corrected chi connectivity index (χ3v) is 2.09. The van der Waals surface area contributed by atoms with Crippen LogP contribution in [0.15, 0.2) is 4.42 Å². The normalized spacial score (nSPS) is 10.6. The summed E-state index contributed by atoms with van der Waals surface area (Å²) in [6, 6.07) is 0. The Morgan fingerprint density at radius 2 is 2.20 bits per heavy atom. The minimum absolute atomic E-state index is 0.475. The van der Waals surface area contributed by atoms with E-state index in [9.17, 15) is 0 Å². The van der Waals surface area contributed by atoms with Crippen molar-refractivity contribution in [3.63, 3.8) is 0 Å². The van der Waals surface area contributed by atoms with Gasteiger partial charge in [-0.15, -0.1) is 0 Å². The second kappa shape index (κ2) is 3.68. The van der Waals surface area contributed by atoms with Gasteiger partial charge >= 0.3 is 0 Å². The summed E-state index contributed by atoms with van der Waals surface area (Å²) in [6.45, 7) is 4.27. The maximum absolute atomic E-state index is 5.40. The molecule has 2 rings (SSSR count). The molecule has 2 aromatic rings. The molecular weight excluding hydrogens is 196 g/mol. The van der Waals surface area contributed by atoms with Crippen LogP contribution < -0.4 is 5.32 Å². The van der Waals surface area contributed by atoms with E-state index in [1.807, 2.05) is 13.8 Å². The number of aromatic nitrogens is 5. The van der Waals surface area contributed by atoms with E-state index in [1.54, 1.807) is 11.7 Å². The van der Waals surface area contributed by atoms with E-state index >= 15 is 0 Å². The van der Waals surface area contributed by atoms with Crippen molar-refractivity contribution in [3.05, 3.63) is 17.3 Å². The first-order valence-corrected chi connectivity index (χ1v) is 4.56. The number of hydrogen-bond acceptors (Lipinski definition) is 6. The predicted octanol–water partition coefficient (Wildman–Crippen LogP) is 0.427. The zero-order chi connectivity index (χ0) is 10.8. The van der Waals surface area contributed by atoms with Crippen LogP contribution in [-0.2, 0) is 13.6 Å². The highest BCUT2D eigenvalue weighted by atomic mass is 16.4. The van der Waals surface area contributed by atoms with Gasteiger partial charge in [0.2, 0.25) is 11.8 Å². The fraction of sp³-hybridized carbons (Fsp3) is 0.500. The van der Waals surface area contributed by atoms with Gasteiger partial charge in [-0.25, -0.2) is 9.67 Å². The Morgan fingerprint density at radius 3 is 2.73 bits per heavy atom. The standard InChI is InChI=1S/C8H12N6O/c1-5-6(2)15-7(10-5)4-9-8-11-12-13-14(8)3/h4H2,1-3H3,(H,9,11,13). The van der Waals surface area contributed by atoms with Crippen molar-refractivity contribution in [2.45, 2.75) is 20.4 Å². The Hall–Kier alpha value is -1.92. The SMILES string of the molecule is Cc1nc(CNc2nnnn2C)oc1C. The van der Waals surface area contributed by atoms with Crippen LogP contribution in [0, 0.1) is 13.8 Å². The zero-order valence-corrected chi connectivity index (χ0v) is 8.85. The van der Waals surface area contributed by atoms with Crippen LogP contribution in [0.1, 0.15) is 17.3 Å². The van der Waals surface area contributed by atoms with Crippen molar-refractivity contribution in [1.82, 2.24) is 25.2 Å². The molecule has 0 unspecified atom stereocenters. The molecular formula is C8H12N6O. The van der Waals surface area contributed by atoms with Gasteiger partial charge in [-0.1, -0.05) is 5.10 Å². The molecule has 0 atom stereocenters. The fourth-order valence-electron chi connectivity index (χ4n) is 1.15. The molecule has 0 fully saturated rings. The fourth-order valence-corrected chi connectivity index (χ4v) is 1.15. The van der Waals surface area contributed by atoms with Crippen molar-refractivity contribution < 1.29 is 4.42 Å². The van der Waals surface area contributed by atoms with E-state index in [-0.39, 0.29) is 0 Å². The monoisotopic (exact) mass is 208 g/mol. The second-order valence-electron chi connectivity index (χ2n) is 3.23. The van der Waals surface area contributed by atoms with Gasteiger partial charge in [0.15, 0.2) is 0 Å². The molecule has 0 aliphatic carbocycles. The van der Waals surface area contributed by atoms with Crippen LogP contribution in [-0.4, -0.2) is 25.2 Å². The summed E-state index contributed by atoms with van der Waals surface area (Å²) < 4.78 is 6.95. The molecule has 0 spiro atoms.